The number of carbonyl (C=O) groups excluding carboxylic acids is 1. The van der Waals surface area contributed by atoms with E-state index in [1.807, 2.05) is 0 Å². The zero-order chi connectivity index (χ0) is 16.2. The van der Waals surface area contributed by atoms with E-state index in [9.17, 15) is 13.2 Å². The second-order valence-corrected chi connectivity index (χ2v) is 6.80. The highest BCUT2D eigenvalue weighted by Gasteiger charge is 2.25. The third-order valence-electron chi connectivity index (χ3n) is 2.65. The summed E-state index contributed by atoms with van der Waals surface area (Å²) < 4.78 is 32.6. The van der Waals surface area contributed by atoms with Crippen LogP contribution >= 0.6 is 15.9 Å². The number of rotatable bonds is 6. The SMILES string of the molecule is CCNC(=O)C(C)NS(=O)(=O)c1cc(N)c(Br)cc1OC. The molecule has 4 N–H and O–H groups in total. The van der Waals surface area contributed by atoms with E-state index in [0.717, 1.165) is 0 Å². The molecule has 0 aliphatic rings. The maximum atomic E-state index is 12.4. The van der Waals surface area contributed by atoms with E-state index in [-0.39, 0.29) is 16.3 Å². The highest BCUT2D eigenvalue weighted by atomic mass is 79.9. The summed E-state index contributed by atoms with van der Waals surface area (Å²) in [6, 6.07) is 1.82. The van der Waals surface area contributed by atoms with Gasteiger partial charge in [-0.1, -0.05) is 0 Å². The second-order valence-electron chi connectivity index (χ2n) is 4.26. The molecule has 0 radical (unpaired) electrons. The molecule has 0 spiro atoms. The number of anilines is 1. The van der Waals surface area contributed by atoms with Gasteiger partial charge in [-0.05, 0) is 41.9 Å². The zero-order valence-corrected chi connectivity index (χ0v) is 14.3. The van der Waals surface area contributed by atoms with E-state index in [1.165, 1.54) is 26.2 Å². The van der Waals surface area contributed by atoms with Gasteiger partial charge in [0.2, 0.25) is 15.9 Å². The number of hydrogen-bond donors (Lipinski definition) is 3. The van der Waals surface area contributed by atoms with Gasteiger partial charge >= 0.3 is 0 Å². The van der Waals surface area contributed by atoms with Gasteiger partial charge in [0.1, 0.15) is 10.6 Å². The summed E-state index contributed by atoms with van der Waals surface area (Å²) >= 11 is 3.20. The standard InChI is InChI=1S/C12H18BrN3O4S/c1-4-15-12(17)7(2)16-21(18,19)11-6-9(14)8(13)5-10(11)20-3/h5-7,16H,4,14H2,1-3H3,(H,15,17). The summed E-state index contributed by atoms with van der Waals surface area (Å²) in [4.78, 5) is 11.5. The molecule has 21 heavy (non-hydrogen) atoms. The number of halogens is 1. The highest BCUT2D eigenvalue weighted by molar-refractivity contribution is 9.10. The fraction of sp³-hybridized carbons (Fsp3) is 0.417. The summed E-state index contributed by atoms with van der Waals surface area (Å²) in [6.07, 6.45) is 0. The third kappa shape index (κ3) is 4.32. The number of amides is 1. The van der Waals surface area contributed by atoms with Crippen molar-refractivity contribution in [3.05, 3.63) is 16.6 Å². The third-order valence-corrected chi connectivity index (χ3v) is 4.90. The van der Waals surface area contributed by atoms with Crippen LogP contribution in [0.25, 0.3) is 0 Å². The van der Waals surface area contributed by atoms with Crippen LogP contribution in [0.2, 0.25) is 0 Å². The van der Waals surface area contributed by atoms with E-state index in [4.69, 9.17) is 10.5 Å². The van der Waals surface area contributed by atoms with Gasteiger partial charge in [0.15, 0.2) is 0 Å². The van der Waals surface area contributed by atoms with Gasteiger partial charge in [0.25, 0.3) is 0 Å². The van der Waals surface area contributed by atoms with Crippen LogP contribution in [-0.4, -0.2) is 34.0 Å². The van der Waals surface area contributed by atoms with Gasteiger partial charge in [-0.25, -0.2) is 8.42 Å². The number of ether oxygens (including phenoxy) is 1. The number of sulfonamides is 1. The molecule has 0 aromatic heterocycles. The summed E-state index contributed by atoms with van der Waals surface area (Å²) in [6.45, 7) is 3.62. The monoisotopic (exact) mass is 379 g/mol. The molecule has 1 atom stereocenters. The number of nitrogens with one attached hydrogen (secondary N) is 2. The van der Waals surface area contributed by atoms with E-state index in [0.29, 0.717) is 11.0 Å². The lowest BCUT2D eigenvalue weighted by Crippen LogP contribution is -2.44. The Balaban J connectivity index is 3.14. The smallest absolute Gasteiger partial charge is 0.245 e. The number of benzene rings is 1. The first kappa shape index (κ1) is 17.7. The van der Waals surface area contributed by atoms with Crippen molar-refractivity contribution < 1.29 is 17.9 Å². The van der Waals surface area contributed by atoms with Gasteiger partial charge in [-0.2, -0.15) is 4.72 Å². The summed E-state index contributed by atoms with van der Waals surface area (Å²) in [5.74, 6) is -0.281. The zero-order valence-electron chi connectivity index (χ0n) is 11.9. The number of hydrogen-bond acceptors (Lipinski definition) is 5. The lowest BCUT2D eigenvalue weighted by molar-refractivity contribution is -0.122. The number of carbonyl (C=O) groups is 1. The van der Waals surface area contributed by atoms with Crippen molar-refractivity contribution in [2.24, 2.45) is 0 Å². The normalized spacial score (nSPS) is 12.8. The van der Waals surface area contributed by atoms with Gasteiger partial charge in [-0.15, -0.1) is 0 Å². The van der Waals surface area contributed by atoms with Crippen LogP contribution in [-0.2, 0) is 14.8 Å². The summed E-state index contributed by atoms with van der Waals surface area (Å²) in [5, 5.41) is 2.54. The Hall–Kier alpha value is -1.32. The number of methoxy groups -OCH3 is 1. The molecular formula is C12H18BrN3O4S. The minimum absolute atomic E-state index is 0.123. The van der Waals surface area contributed by atoms with Crippen LogP contribution in [0, 0.1) is 0 Å². The quantitative estimate of drug-likeness (QED) is 0.634. The first-order chi connectivity index (χ1) is 9.72. The Bertz CT molecular complexity index is 634. The molecule has 0 heterocycles. The fourth-order valence-electron chi connectivity index (χ4n) is 1.60. The van der Waals surface area contributed by atoms with E-state index >= 15 is 0 Å². The summed E-state index contributed by atoms with van der Waals surface area (Å²) in [5.41, 5.74) is 5.96. The maximum absolute atomic E-state index is 12.4. The average molecular weight is 380 g/mol. The summed E-state index contributed by atoms with van der Waals surface area (Å²) in [7, 11) is -2.59. The number of nitrogens with two attached hydrogens (primary N) is 1. The lowest BCUT2D eigenvalue weighted by atomic mass is 10.3. The van der Waals surface area contributed by atoms with Crippen molar-refractivity contribution in [3.63, 3.8) is 0 Å². The minimum Gasteiger partial charge on any atom is -0.495 e. The van der Waals surface area contributed by atoms with Crippen LogP contribution in [0.15, 0.2) is 21.5 Å². The van der Waals surface area contributed by atoms with Crippen molar-refractivity contribution in [2.45, 2.75) is 24.8 Å². The second kappa shape index (κ2) is 7.10. The van der Waals surface area contributed by atoms with Gasteiger partial charge in [-0.3, -0.25) is 4.79 Å². The fourth-order valence-corrected chi connectivity index (χ4v) is 3.31. The Labute approximate surface area is 132 Å². The lowest BCUT2D eigenvalue weighted by Gasteiger charge is -2.16. The number of likely N-dealkylation sites (N-methyl/N-ethyl adjacent to an activating group) is 1. The first-order valence-electron chi connectivity index (χ1n) is 6.16. The van der Waals surface area contributed by atoms with Gasteiger partial charge < -0.3 is 15.8 Å². The molecule has 1 rings (SSSR count). The van der Waals surface area contributed by atoms with E-state index < -0.39 is 22.0 Å². The molecule has 9 heteroatoms. The molecule has 0 aliphatic carbocycles. The molecule has 0 saturated heterocycles. The van der Waals surface area contributed by atoms with Crippen LogP contribution in [0.4, 0.5) is 5.69 Å². The van der Waals surface area contributed by atoms with Crippen molar-refractivity contribution >= 4 is 37.5 Å². The molecule has 0 bridgehead atoms. The van der Waals surface area contributed by atoms with Gasteiger partial charge in [0, 0.05) is 16.7 Å². The first-order valence-corrected chi connectivity index (χ1v) is 8.43. The predicted octanol–water partition coefficient (Wildman–Crippen LogP) is 0.843. The van der Waals surface area contributed by atoms with Crippen molar-refractivity contribution in [1.29, 1.82) is 0 Å². The molecular weight excluding hydrogens is 362 g/mol. The Morgan fingerprint density at radius 2 is 2.10 bits per heavy atom. The Morgan fingerprint density at radius 3 is 2.62 bits per heavy atom. The molecule has 0 fully saturated rings. The van der Waals surface area contributed by atoms with Crippen molar-refractivity contribution in [2.75, 3.05) is 19.4 Å². The van der Waals surface area contributed by atoms with Gasteiger partial charge in [0.05, 0.1) is 13.2 Å². The highest BCUT2D eigenvalue weighted by Crippen LogP contribution is 2.32. The molecule has 1 unspecified atom stereocenters. The molecule has 1 aromatic carbocycles. The molecule has 1 amide bonds. The van der Waals surface area contributed by atoms with Crippen LogP contribution in [0.3, 0.4) is 0 Å². The Kier molecular flexibility index (Phi) is 5.99. The molecule has 1 aromatic rings. The maximum Gasteiger partial charge on any atom is 0.245 e. The topological polar surface area (TPSA) is 111 Å². The Morgan fingerprint density at radius 1 is 1.48 bits per heavy atom. The predicted molar refractivity (Wildman–Crippen MR) is 83.6 cm³/mol. The van der Waals surface area contributed by atoms with E-state index in [2.05, 4.69) is 26.0 Å². The van der Waals surface area contributed by atoms with Crippen LogP contribution < -0.4 is 20.5 Å². The largest absolute Gasteiger partial charge is 0.495 e. The van der Waals surface area contributed by atoms with Crippen LogP contribution in [0.5, 0.6) is 5.75 Å². The number of nitrogen functional groups attached to an aromatic ring is 1. The minimum atomic E-state index is -3.94. The van der Waals surface area contributed by atoms with E-state index in [1.54, 1.807) is 6.92 Å². The van der Waals surface area contributed by atoms with Crippen LogP contribution in [0.1, 0.15) is 13.8 Å². The van der Waals surface area contributed by atoms with Crippen molar-refractivity contribution in [1.82, 2.24) is 10.0 Å². The van der Waals surface area contributed by atoms with Crippen molar-refractivity contribution in [3.8, 4) is 5.75 Å². The molecule has 0 saturated carbocycles. The molecule has 0 aliphatic heterocycles. The average Bonchev–Trinajstić information content (AvgIpc) is 2.40. The molecule has 7 nitrogen and oxygen atoms in total. The molecule has 118 valence electrons.